The van der Waals surface area contributed by atoms with E-state index < -0.39 is 0 Å². The van der Waals surface area contributed by atoms with E-state index in [9.17, 15) is 4.79 Å². The van der Waals surface area contributed by atoms with E-state index in [0.717, 1.165) is 12.8 Å². The molecule has 0 aromatic heterocycles. The fraction of sp³-hybridized carbons (Fsp3) is 0.462. The third kappa shape index (κ3) is 4.33. The number of carbonyl (C=O) groups is 1. The van der Waals surface area contributed by atoms with Gasteiger partial charge in [0.2, 0.25) is 0 Å². The van der Waals surface area contributed by atoms with Crippen LogP contribution in [0.4, 0.5) is 0 Å². The fourth-order valence-electron chi connectivity index (χ4n) is 1.44. The van der Waals surface area contributed by atoms with Gasteiger partial charge in [0, 0.05) is 15.9 Å². The molecule has 0 amide bonds. The minimum absolute atomic E-state index is 0.180. The van der Waals surface area contributed by atoms with Crippen LogP contribution in [-0.2, 0) is 11.2 Å². The van der Waals surface area contributed by atoms with Gasteiger partial charge in [0.1, 0.15) is 5.78 Å². The van der Waals surface area contributed by atoms with Gasteiger partial charge in [0.25, 0.3) is 0 Å². The van der Waals surface area contributed by atoms with Gasteiger partial charge in [-0.25, -0.2) is 0 Å². The van der Waals surface area contributed by atoms with Crippen LogP contribution in [0.5, 0.6) is 0 Å². The number of hydrogen-bond donors (Lipinski definition) is 0. The highest BCUT2D eigenvalue weighted by molar-refractivity contribution is 14.1. The van der Waals surface area contributed by atoms with Crippen molar-refractivity contribution in [3.8, 4) is 0 Å². The van der Waals surface area contributed by atoms with Crippen LogP contribution in [0.1, 0.15) is 32.3 Å². The first-order valence-electron chi connectivity index (χ1n) is 5.37. The Morgan fingerprint density at radius 1 is 1.33 bits per heavy atom. The first kappa shape index (κ1) is 12.7. The molecule has 1 aromatic rings. The maximum Gasteiger partial charge on any atom is 0.135 e. The first-order chi connectivity index (χ1) is 7.11. The average Bonchev–Trinajstić information content (AvgIpc) is 2.20. The number of carbonyl (C=O) groups excluding carboxylic acids is 1. The number of hydrogen-bond acceptors (Lipinski definition) is 1. The third-order valence-corrected chi connectivity index (χ3v) is 3.52. The molecule has 1 aromatic carbocycles. The van der Waals surface area contributed by atoms with Crippen molar-refractivity contribution in [3.63, 3.8) is 0 Å². The topological polar surface area (TPSA) is 17.1 Å². The molecule has 0 aliphatic heterocycles. The van der Waals surface area contributed by atoms with Crippen molar-refractivity contribution in [3.05, 3.63) is 33.4 Å². The zero-order valence-corrected chi connectivity index (χ0v) is 11.5. The Kier molecular flexibility index (Phi) is 5.29. The van der Waals surface area contributed by atoms with Gasteiger partial charge in [-0.3, -0.25) is 4.79 Å². The Morgan fingerprint density at radius 2 is 2.00 bits per heavy atom. The van der Waals surface area contributed by atoms with E-state index in [-0.39, 0.29) is 5.92 Å². The largest absolute Gasteiger partial charge is 0.299 e. The molecule has 0 saturated heterocycles. The molecule has 15 heavy (non-hydrogen) atoms. The predicted octanol–water partition coefficient (Wildman–Crippen LogP) is 3.84. The molecule has 0 aliphatic carbocycles. The molecular weight excluding hydrogens is 299 g/mol. The lowest BCUT2D eigenvalue weighted by molar-refractivity contribution is -0.121. The summed E-state index contributed by atoms with van der Waals surface area (Å²) in [4.78, 5) is 11.4. The standard InChI is InChI=1S/C13H17IO/c1-10(2)13(15)9-5-7-11-6-3-4-8-12(11)14/h3-4,6,8,10H,5,7,9H2,1-2H3. The Balaban J connectivity index is 2.38. The summed E-state index contributed by atoms with van der Waals surface area (Å²) in [6.45, 7) is 3.93. The van der Waals surface area contributed by atoms with Crippen molar-refractivity contribution >= 4 is 28.4 Å². The molecule has 0 bridgehead atoms. The van der Waals surface area contributed by atoms with Gasteiger partial charge in [0.15, 0.2) is 0 Å². The van der Waals surface area contributed by atoms with E-state index in [0.29, 0.717) is 12.2 Å². The molecule has 0 aliphatic rings. The summed E-state index contributed by atoms with van der Waals surface area (Å²) >= 11 is 2.35. The van der Waals surface area contributed by atoms with Crippen molar-refractivity contribution < 1.29 is 4.79 Å². The molecule has 0 atom stereocenters. The number of ketones is 1. The number of Topliss-reactive ketones (excluding diaryl/α,β-unsaturated/α-hetero) is 1. The second-order valence-corrected chi connectivity index (χ2v) is 5.23. The second kappa shape index (κ2) is 6.26. The fourth-order valence-corrected chi connectivity index (χ4v) is 2.10. The summed E-state index contributed by atoms with van der Waals surface area (Å²) in [6, 6.07) is 8.36. The Morgan fingerprint density at radius 3 is 2.60 bits per heavy atom. The summed E-state index contributed by atoms with van der Waals surface area (Å²) < 4.78 is 1.30. The Labute approximate surface area is 105 Å². The summed E-state index contributed by atoms with van der Waals surface area (Å²) in [5, 5.41) is 0. The highest BCUT2D eigenvalue weighted by Gasteiger charge is 2.07. The monoisotopic (exact) mass is 316 g/mol. The van der Waals surface area contributed by atoms with E-state index in [4.69, 9.17) is 0 Å². The molecule has 0 radical (unpaired) electrons. The summed E-state index contributed by atoms with van der Waals surface area (Å²) in [6.07, 6.45) is 2.69. The molecule has 1 rings (SSSR count). The molecule has 2 heteroatoms. The van der Waals surface area contributed by atoms with Crippen LogP contribution in [0.2, 0.25) is 0 Å². The van der Waals surface area contributed by atoms with Crippen molar-refractivity contribution in [2.45, 2.75) is 33.1 Å². The minimum Gasteiger partial charge on any atom is -0.299 e. The van der Waals surface area contributed by atoms with Gasteiger partial charge < -0.3 is 0 Å². The van der Waals surface area contributed by atoms with Crippen molar-refractivity contribution in [2.24, 2.45) is 5.92 Å². The SMILES string of the molecule is CC(C)C(=O)CCCc1ccccc1I. The average molecular weight is 316 g/mol. The highest BCUT2D eigenvalue weighted by Crippen LogP contribution is 2.14. The van der Waals surface area contributed by atoms with E-state index in [2.05, 4.69) is 40.8 Å². The van der Waals surface area contributed by atoms with Crippen molar-refractivity contribution in [2.75, 3.05) is 0 Å². The predicted molar refractivity (Wildman–Crippen MR) is 71.9 cm³/mol. The van der Waals surface area contributed by atoms with Crippen LogP contribution in [0, 0.1) is 9.49 Å². The van der Waals surface area contributed by atoms with Gasteiger partial charge in [-0.1, -0.05) is 32.0 Å². The van der Waals surface area contributed by atoms with Crippen molar-refractivity contribution in [1.82, 2.24) is 0 Å². The lowest BCUT2D eigenvalue weighted by Gasteiger charge is -2.05. The molecule has 0 fully saturated rings. The summed E-state index contributed by atoms with van der Waals surface area (Å²) in [7, 11) is 0. The third-order valence-electron chi connectivity index (χ3n) is 2.47. The quantitative estimate of drug-likeness (QED) is 0.754. The van der Waals surface area contributed by atoms with Gasteiger partial charge >= 0.3 is 0 Å². The molecule has 0 unspecified atom stereocenters. The zero-order chi connectivity index (χ0) is 11.3. The molecule has 1 nitrogen and oxygen atoms in total. The highest BCUT2D eigenvalue weighted by atomic mass is 127. The van der Waals surface area contributed by atoms with Crippen LogP contribution >= 0.6 is 22.6 Å². The van der Waals surface area contributed by atoms with Crippen LogP contribution in [0.25, 0.3) is 0 Å². The maximum atomic E-state index is 11.4. The van der Waals surface area contributed by atoms with Crippen LogP contribution in [0.3, 0.4) is 0 Å². The number of halogens is 1. The lowest BCUT2D eigenvalue weighted by atomic mass is 10.0. The van der Waals surface area contributed by atoms with Crippen LogP contribution in [0.15, 0.2) is 24.3 Å². The smallest absolute Gasteiger partial charge is 0.135 e. The minimum atomic E-state index is 0.180. The molecule has 82 valence electrons. The summed E-state index contributed by atoms with van der Waals surface area (Å²) in [5.74, 6) is 0.556. The van der Waals surface area contributed by atoms with Crippen molar-refractivity contribution in [1.29, 1.82) is 0 Å². The second-order valence-electron chi connectivity index (χ2n) is 4.07. The number of benzene rings is 1. The number of aryl methyl sites for hydroxylation is 1. The van der Waals surface area contributed by atoms with E-state index in [1.54, 1.807) is 0 Å². The van der Waals surface area contributed by atoms with E-state index >= 15 is 0 Å². The molecule has 0 spiro atoms. The maximum absolute atomic E-state index is 11.4. The molecule has 0 heterocycles. The molecule has 0 saturated carbocycles. The Bertz CT molecular complexity index is 331. The van der Waals surface area contributed by atoms with Gasteiger partial charge in [0.05, 0.1) is 0 Å². The summed E-state index contributed by atoms with van der Waals surface area (Å²) in [5.41, 5.74) is 1.36. The molecule has 0 N–H and O–H groups in total. The lowest BCUT2D eigenvalue weighted by Crippen LogP contribution is -2.06. The van der Waals surface area contributed by atoms with E-state index in [1.807, 2.05) is 19.9 Å². The van der Waals surface area contributed by atoms with Crippen LogP contribution in [-0.4, -0.2) is 5.78 Å². The van der Waals surface area contributed by atoms with Gasteiger partial charge in [-0.2, -0.15) is 0 Å². The molecular formula is C13H17IO. The zero-order valence-electron chi connectivity index (χ0n) is 9.29. The van der Waals surface area contributed by atoms with Gasteiger partial charge in [-0.05, 0) is 47.1 Å². The number of rotatable bonds is 5. The Hall–Kier alpha value is -0.380. The normalized spacial score (nSPS) is 10.7. The van der Waals surface area contributed by atoms with E-state index in [1.165, 1.54) is 9.13 Å². The van der Waals surface area contributed by atoms with Gasteiger partial charge in [-0.15, -0.1) is 0 Å². The first-order valence-corrected chi connectivity index (χ1v) is 6.45. The van der Waals surface area contributed by atoms with Crippen LogP contribution < -0.4 is 0 Å².